The van der Waals surface area contributed by atoms with Gasteiger partial charge in [0.05, 0.1) is 11.6 Å². The number of benzene rings is 2. The number of nitrogens with zero attached hydrogens (tertiary/aromatic N) is 3. The normalized spacial score (nSPS) is 15.0. The van der Waals surface area contributed by atoms with E-state index in [0.717, 1.165) is 31.9 Å². The molecule has 0 N–H and O–H groups in total. The van der Waals surface area contributed by atoms with Gasteiger partial charge in [-0.1, -0.05) is 60.7 Å². The zero-order chi connectivity index (χ0) is 19.3. The lowest BCUT2D eigenvalue weighted by molar-refractivity contribution is 0.0596. The van der Waals surface area contributed by atoms with Crippen LogP contribution in [0.4, 0.5) is 0 Å². The third-order valence-corrected chi connectivity index (χ3v) is 5.43. The fourth-order valence-electron chi connectivity index (χ4n) is 3.95. The lowest BCUT2D eigenvalue weighted by Gasteiger charge is -2.40. The fraction of sp³-hybridized carbons (Fsp3) is 0.250. The Labute approximate surface area is 166 Å². The van der Waals surface area contributed by atoms with Crippen LogP contribution in [0.2, 0.25) is 0 Å². The number of pyridine rings is 1. The van der Waals surface area contributed by atoms with E-state index < -0.39 is 0 Å². The van der Waals surface area contributed by atoms with Crippen LogP contribution in [-0.2, 0) is 0 Å². The second-order valence-corrected chi connectivity index (χ2v) is 7.19. The van der Waals surface area contributed by atoms with Gasteiger partial charge < -0.3 is 4.90 Å². The molecule has 142 valence electrons. The van der Waals surface area contributed by atoms with Crippen LogP contribution in [0.1, 0.15) is 33.2 Å². The van der Waals surface area contributed by atoms with E-state index in [-0.39, 0.29) is 11.9 Å². The van der Waals surface area contributed by atoms with E-state index in [9.17, 15) is 4.79 Å². The second-order valence-electron chi connectivity index (χ2n) is 7.19. The summed E-state index contributed by atoms with van der Waals surface area (Å²) in [5.74, 6) is 0.0845. The minimum atomic E-state index is 0.0845. The predicted molar refractivity (Wildman–Crippen MR) is 111 cm³/mol. The summed E-state index contributed by atoms with van der Waals surface area (Å²) in [5.41, 5.74) is 4.08. The van der Waals surface area contributed by atoms with Gasteiger partial charge in [-0.25, -0.2) is 0 Å². The number of hydrogen-bond donors (Lipinski definition) is 0. The van der Waals surface area contributed by atoms with Gasteiger partial charge in [0.15, 0.2) is 0 Å². The zero-order valence-electron chi connectivity index (χ0n) is 16.2. The molecular formula is C24H25N3O. The third kappa shape index (κ3) is 3.82. The maximum atomic E-state index is 12.9. The minimum absolute atomic E-state index is 0.0845. The number of carbonyl (C=O) groups is 1. The highest BCUT2D eigenvalue weighted by Crippen LogP contribution is 2.29. The molecule has 0 unspecified atom stereocenters. The molecule has 4 rings (SSSR count). The minimum Gasteiger partial charge on any atom is -0.336 e. The summed E-state index contributed by atoms with van der Waals surface area (Å²) in [6.07, 6.45) is 1.73. The summed E-state index contributed by atoms with van der Waals surface area (Å²) in [4.78, 5) is 21.6. The summed E-state index contributed by atoms with van der Waals surface area (Å²) >= 11 is 0. The molecule has 1 aromatic heterocycles. The van der Waals surface area contributed by atoms with Crippen LogP contribution in [0, 0.1) is 6.92 Å². The van der Waals surface area contributed by atoms with Gasteiger partial charge in [0.1, 0.15) is 0 Å². The Morgan fingerprint density at radius 1 is 0.821 bits per heavy atom. The fourth-order valence-corrected chi connectivity index (χ4v) is 3.95. The number of hydrogen-bond acceptors (Lipinski definition) is 3. The highest BCUT2D eigenvalue weighted by molar-refractivity contribution is 5.95. The molecule has 0 radical (unpaired) electrons. The Morgan fingerprint density at radius 3 is 1.93 bits per heavy atom. The Kier molecular flexibility index (Phi) is 5.49. The molecule has 4 heteroatoms. The highest BCUT2D eigenvalue weighted by Gasteiger charge is 2.28. The zero-order valence-corrected chi connectivity index (χ0v) is 16.2. The molecule has 0 aliphatic carbocycles. The van der Waals surface area contributed by atoms with Crippen LogP contribution in [0.25, 0.3) is 0 Å². The largest absolute Gasteiger partial charge is 0.336 e. The summed E-state index contributed by atoms with van der Waals surface area (Å²) in [5, 5.41) is 0. The van der Waals surface area contributed by atoms with Gasteiger partial charge in [0, 0.05) is 38.1 Å². The molecule has 1 saturated heterocycles. The van der Waals surface area contributed by atoms with Crippen molar-refractivity contribution in [3.05, 3.63) is 101 Å². The van der Waals surface area contributed by atoms with E-state index in [1.54, 1.807) is 6.20 Å². The van der Waals surface area contributed by atoms with E-state index in [0.29, 0.717) is 5.56 Å². The van der Waals surface area contributed by atoms with E-state index in [1.165, 1.54) is 11.1 Å². The Hall–Kier alpha value is -2.98. The van der Waals surface area contributed by atoms with Gasteiger partial charge in [-0.05, 0) is 30.2 Å². The smallest absolute Gasteiger partial charge is 0.255 e. The molecule has 0 spiro atoms. The number of amides is 1. The molecule has 1 fully saturated rings. The highest BCUT2D eigenvalue weighted by atomic mass is 16.2. The maximum absolute atomic E-state index is 12.9. The van der Waals surface area contributed by atoms with Crippen LogP contribution in [0.3, 0.4) is 0 Å². The van der Waals surface area contributed by atoms with Crippen LogP contribution >= 0.6 is 0 Å². The van der Waals surface area contributed by atoms with Gasteiger partial charge in [-0.3, -0.25) is 14.7 Å². The first-order valence-electron chi connectivity index (χ1n) is 9.79. The Balaban J connectivity index is 1.52. The molecule has 1 aliphatic heterocycles. The van der Waals surface area contributed by atoms with Crippen molar-refractivity contribution in [3.8, 4) is 0 Å². The van der Waals surface area contributed by atoms with Crippen molar-refractivity contribution >= 4 is 5.91 Å². The van der Waals surface area contributed by atoms with Crippen molar-refractivity contribution < 1.29 is 4.79 Å². The van der Waals surface area contributed by atoms with Gasteiger partial charge >= 0.3 is 0 Å². The van der Waals surface area contributed by atoms with Gasteiger partial charge in [0.25, 0.3) is 5.91 Å². The first-order chi connectivity index (χ1) is 13.7. The van der Waals surface area contributed by atoms with Crippen LogP contribution in [0.5, 0.6) is 0 Å². The van der Waals surface area contributed by atoms with Gasteiger partial charge in [0.2, 0.25) is 0 Å². The van der Waals surface area contributed by atoms with Crippen LogP contribution in [-0.4, -0.2) is 46.9 Å². The van der Waals surface area contributed by atoms with Crippen molar-refractivity contribution in [1.82, 2.24) is 14.8 Å². The van der Waals surface area contributed by atoms with Gasteiger partial charge in [-0.15, -0.1) is 0 Å². The Bertz CT molecular complexity index is 879. The number of carbonyl (C=O) groups excluding carboxylic acids is 1. The van der Waals surface area contributed by atoms with Gasteiger partial charge in [-0.2, -0.15) is 0 Å². The van der Waals surface area contributed by atoms with Crippen LogP contribution < -0.4 is 0 Å². The molecule has 0 bridgehead atoms. The average molecular weight is 371 g/mol. The topological polar surface area (TPSA) is 36.4 Å². The van der Waals surface area contributed by atoms with E-state index in [1.807, 2.05) is 24.0 Å². The lowest BCUT2D eigenvalue weighted by Crippen LogP contribution is -2.50. The molecular weight excluding hydrogens is 346 g/mol. The van der Waals surface area contributed by atoms with Crippen LogP contribution in [0.15, 0.2) is 79.0 Å². The SMILES string of the molecule is Cc1ncccc1C(=O)N1CCN(C(c2ccccc2)c2ccccc2)CC1. The number of rotatable bonds is 4. The molecule has 4 nitrogen and oxygen atoms in total. The quantitative estimate of drug-likeness (QED) is 0.697. The molecule has 0 saturated carbocycles. The third-order valence-electron chi connectivity index (χ3n) is 5.43. The standard InChI is InChI=1S/C24H25N3O/c1-19-22(13-8-14-25-19)24(28)27-17-15-26(16-18-27)23(20-9-4-2-5-10-20)21-11-6-3-7-12-21/h2-14,23H,15-18H2,1H3. The summed E-state index contributed by atoms with van der Waals surface area (Å²) in [7, 11) is 0. The van der Waals surface area contributed by atoms with Crippen molar-refractivity contribution in [3.63, 3.8) is 0 Å². The molecule has 28 heavy (non-hydrogen) atoms. The Morgan fingerprint density at radius 2 is 1.39 bits per heavy atom. The monoisotopic (exact) mass is 371 g/mol. The van der Waals surface area contributed by atoms with Crippen molar-refractivity contribution in [1.29, 1.82) is 0 Å². The first-order valence-corrected chi connectivity index (χ1v) is 9.79. The predicted octanol–water partition coefficient (Wildman–Crippen LogP) is 3.94. The molecule has 1 amide bonds. The lowest BCUT2D eigenvalue weighted by atomic mass is 9.96. The number of piperazine rings is 1. The molecule has 3 aromatic rings. The molecule has 1 aliphatic rings. The molecule has 2 heterocycles. The average Bonchev–Trinajstić information content (AvgIpc) is 2.76. The second kappa shape index (κ2) is 8.36. The molecule has 0 atom stereocenters. The van der Waals surface area contributed by atoms with Crippen molar-refractivity contribution in [2.75, 3.05) is 26.2 Å². The van der Waals surface area contributed by atoms with Crippen molar-refractivity contribution in [2.45, 2.75) is 13.0 Å². The maximum Gasteiger partial charge on any atom is 0.255 e. The first kappa shape index (κ1) is 18.4. The number of aryl methyl sites for hydroxylation is 1. The van der Waals surface area contributed by atoms with E-state index in [2.05, 4.69) is 70.5 Å². The van der Waals surface area contributed by atoms with E-state index >= 15 is 0 Å². The summed E-state index contributed by atoms with van der Waals surface area (Å²) in [6.45, 7) is 5.04. The number of aromatic nitrogens is 1. The summed E-state index contributed by atoms with van der Waals surface area (Å²) in [6, 6.07) is 25.1. The van der Waals surface area contributed by atoms with Crippen molar-refractivity contribution in [2.24, 2.45) is 0 Å². The van der Waals surface area contributed by atoms with E-state index in [4.69, 9.17) is 0 Å². The molecule has 2 aromatic carbocycles. The summed E-state index contributed by atoms with van der Waals surface area (Å²) < 4.78 is 0.